The van der Waals surface area contributed by atoms with Crippen LogP contribution in [0.25, 0.3) is 0 Å². The fourth-order valence-electron chi connectivity index (χ4n) is 4.28. The summed E-state index contributed by atoms with van der Waals surface area (Å²) in [5, 5.41) is 2.86. The molecule has 1 saturated heterocycles. The lowest BCUT2D eigenvalue weighted by molar-refractivity contribution is -0.117. The standard InChI is InChI=1S/C25H28N2O6/c1-16(28)20-12-22-23(33-15-32-22)13-21(20)26-24(29)11-17-6-8-27(9-7-17)25(30)19-5-3-4-18(10-19)14-31-2/h3-5,10,12-13,17H,6-9,11,14-15H2,1-2H3,(H,26,29). The Morgan fingerprint density at radius 3 is 2.52 bits per heavy atom. The van der Waals surface area contributed by atoms with Crippen LogP contribution in [-0.4, -0.2) is 49.5 Å². The molecule has 2 aliphatic rings. The zero-order valence-electron chi connectivity index (χ0n) is 18.9. The molecule has 0 radical (unpaired) electrons. The third-order valence-corrected chi connectivity index (χ3v) is 6.03. The first-order valence-electron chi connectivity index (χ1n) is 11.1. The molecule has 4 rings (SSSR count). The Labute approximate surface area is 192 Å². The summed E-state index contributed by atoms with van der Waals surface area (Å²) in [5.74, 6) is 0.865. The van der Waals surface area contributed by atoms with Crippen LogP contribution in [0.5, 0.6) is 11.5 Å². The SMILES string of the molecule is COCc1cccc(C(=O)N2CCC(CC(=O)Nc3cc4c(cc3C(C)=O)OCO4)CC2)c1. The van der Waals surface area contributed by atoms with Crippen molar-refractivity contribution in [2.45, 2.75) is 32.8 Å². The molecule has 8 heteroatoms. The zero-order valence-corrected chi connectivity index (χ0v) is 18.9. The number of carbonyl (C=O) groups excluding carboxylic acids is 3. The number of benzene rings is 2. The highest BCUT2D eigenvalue weighted by atomic mass is 16.7. The second-order valence-electron chi connectivity index (χ2n) is 8.43. The molecule has 174 valence electrons. The second kappa shape index (κ2) is 10.0. The minimum Gasteiger partial charge on any atom is -0.454 e. The summed E-state index contributed by atoms with van der Waals surface area (Å²) >= 11 is 0. The first-order valence-corrected chi connectivity index (χ1v) is 11.1. The lowest BCUT2D eigenvalue weighted by atomic mass is 9.92. The Balaban J connectivity index is 1.32. The Hall–Kier alpha value is -3.39. The van der Waals surface area contributed by atoms with Gasteiger partial charge < -0.3 is 24.4 Å². The Morgan fingerprint density at radius 2 is 1.82 bits per heavy atom. The van der Waals surface area contributed by atoms with Crippen LogP contribution in [0, 0.1) is 5.92 Å². The third-order valence-electron chi connectivity index (χ3n) is 6.03. The van der Waals surface area contributed by atoms with Crippen molar-refractivity contribution in [2.75, 3.05) is 32.3 Å². The van der Waals surface area contributed by atoms with E-state index in [1.807, 2.05) is 29.2 Å². The molecule has 33 heavy (non-hydrogen) atoms. The van der Waals surface area contributed by atoms with Crippen molar-refractivity contribution in [3.8, 4) is 11.5 Å². The quantitative estimate of drug-likeness (QED) is 0.645. The fraction of sp³-hybridized carbons (Fsp3) is 0.400. The molecule has 2 amide bonds. The van der Waals surface area contributed by atoms with Gasteiger partial charge in [0.1, 0.15) is 0 Å². The number of ketones is 1. The van der Waals surface area contributed by atoms with Gasteiger partial charge in [-0.1, -0.05) is 12.1 Å². The van der Waals surface area contributed by atoms with E-state index >= 15 is 0 Å². The van der Waals surface area contributed by atoms with Gasteiger partial charge in [0, 0.05) is 43.8 Å². The number of ether oxygens (including phenoxy) is 3. The van der Waals surface area contributed by atoms with Gasteiger partial charge in [0.25, 0.3) is 5.91 Å². The number of methoxy groups -OCH3 is 1. The fourth-order valence-corrected chi connectivity index (χ4v) is 4.28. The molecular weight excluding hydrogens is 424 g/mol. The summed E-state index contributed by atoms with van der Waals surface area (Å²) < 4.78 is 15.8. The maximum Gasteiger partial charge on any atom is 0.253 e. The molecule has 2 aliphatic heterocycles. The van der Waals surface area contributed by atoms with Gasteiger partial charge in [-0.3, -0.25) is 14.4 Å². The van der Waals surface area contributed by atoms with Crippen LogP contribution in [0.1, 0.15) is 52.5 Å². The molecule has 1 fully saturated rings. The van der Waals surface area contributed by atoms with Crippen LogP contribution in [-0.2, 0) is 16.1 Å². The Bertz CT molecular complexity index is 1060. The number of fused-ring (bicyclic) bond motifs is 1. The van der Waals surface area contributed by atoms with Crippen molar-refractivity contribution in [3.05, 3.63) is 53.1 Å². The molecule has 2 aromatic rings. The molecule has 0 bridgehead atoms. The third kappa shape index (κ3) is 5.34. The van der Waals surface area contributed by atoms with Crippen LogP contribution >= 0.6 is 0 Å². The number of nitrogens with one attached hydrogen (secondary N) is 1. The van der Waals surface area contributed by atoms with Crippen LogP contribution in [0.3, 0.4) is 0 Å². The summed E-state index contributed by atoms with van der Waals surface area (Å²) in [4.78, 5) is 39.4. The van der Waals surface area contributed by atoms with Gasteiger partial charge >= 0.3 is 0 Å². The molecule has 0 aromatic heterocycles. The van der Waals surface area contributed by atoms with E-state index in [2.05, 4.69) is 5.32 Å². The maximum absolute atomic E-state index is 12.9. The number of rotatable bonds is 7. The maximum atomic E-state index is 12.9. The second-order valence-corrected chi connectivity index (χ2v) is 8.43. The minimum absolute atomic E-state index is 0.00214. The van der Waals surface area contributed by atoms with Gasteiger partial charge in [-0.25, -0.2) is 0 Å². The molecule has 0 saturated carbocycles. The molecule has 0 atom stereocenters. The van der Waals surface area contributed by atoms with E-state index < -0.39 is 0 Å². The highest BCUT2D eigenvalue weighted by Gasteiger charge is 2.26. The first-order chi connectivity index (χ1) is 15.9. The van der Waals surface area contributed by atoms with Crippen molar-refractivity contribution in [3.63, 3.8) is 0 Å². The number of likely N-dealkylation sites (tertiary alicyclic amines) is 1. The van der Waals surface area contributed by atoms with E-state index in [1.165, 1.54) is 6.92 Å². The van der Waals surface area contributed by atoms with Gasteiger partial charge in [-0.2, -0.15) is 0 Å². The highest BCUT2D eigenvalue weighted by Crippen LogP contribution is 2.37. The van der Waals surface area contributed by atoms with Crippen molar-refractivity contribution in [2.24, 2.45) is 5.92 Å². The first kappa shape index (κ1) is 22.8. The predicted octanol–water partition coefficient (Wildman–Crippen LogP) is 3.65. The van der Waals surface area contributed by atoms with Crippen molar-refractivity contribution >= 4 is 23.3 Å². The van der Waals surface area contributed by atoms with E-state index in [0.717, 1.165) is 18.4 Å². The lowest BCUT2D eigenvalue weighted by Crippen LogP contribution is -2.39. The van der Waals surface area contributed by atoms with Crippen LogP contribution in [0.4, 0.5) is 5.69 Å². The number of hydrogen-bond acceptors (Lipinski definition) is 6. The smallest absolute Gasteiger partial charge is 0.253 e. The lowest BCUT2D eigenvalue weighted by Gasteiger charge is -2.32. The van der Waals surface area contributed by atoms with E-state index in [9.17, 15) is 14.4 Å². The average Bonchev–Trinajstić information content (AvgIpc) is 3.26. The average molecular weight is 453 g/mol. The van der Waals surface area contributed by atoms with E-state index in [-0.39, 0.29) is 30.3 Å². The summed E-state index contributed by atoms with van der Waals surface area (Å²) in [5.41, 5.74) is 2.44. The molecular formula is C25H28N2O6. The van der Waals surface area contributed by atoms with Crippen LogP contribution in [0.2, 0.25) is 0 Å². The summed E-state index contributed by atoms with van der Waals surface area (Å²) in [7, 11) is 1.63. The van der Waals surface area contributed by atoms with Crippen LogP contribution < -0.4 is 14.8 Å². The van der Waals surface area contributed by atoms with E-state index in [1.54, 1.807) is 19.2 Å². The Morgan fingerprint density at radius 1 is 1.09 bits per heavy atom. The van der Waals surface area contributed by atoms with Gasteiger partial charge in [-0.15, -0.1) is 0 Å². The molecule has 0 unspecified atom stereocenters. The van der Waals surface area contributed by atoms with Gasteiger partial charge in [-0.05, 0) is 49.4 Å². The van der Waals surface area contributed by atoms with Gasteiger partial charge in [0.05, 0.1) is 12.3 Å². The zero-order chi connectivity index (χ0) is 23.4. The number of hydrogen-bond donors (Lipinski definition) is 1. The number of anilines is 1. The number of Topliss-reactive ketones (excluding diaryl/α,β-unsaturated/α-hetero) is 1. The molecule has 2 heterocycles. The Kier molecular flexibility index (Phi) is 6.93. The minimum atomic E-state index is -0.162. The van der Waals surface area contributed by atoms with Crippen molar-refractivity contribution in [1.82, 2.24) is 4.90 Å². The molecule has 0 spiro atoms. The molecule has 0 aliphatic carbocycles. The number of amides is 2. The van der Waals surface area contributed by atoms with Crippen LogP contribution in [0.15, 0.2) is 36.4 Å². The molecule has 2 aromatic carbocycles. The van der Waals surface area contributed by atoms with E-state index in [4.69, 9.17) is 14.2 Å². The van der Waals surface area contributed by atoms with E-state index in [0.29, 0.717) is 54.4 Å². The number of carbonyl (C=O) groups is 3. The topological polar surface area (TPSA) is 94.2 Å². The van der Waals surface area contributed by atoms with Crippen molar-refractivity contribution in [1.29, 1.82) is 0 Å². The summed E-state index contributed by atoms with van der Waals surface area (Å²) in [6.45, 7) is 3.22. The number of piperidine rings is 1. The highest BCUT2D eigenvalue weighted by molar-refractivity contribution is 6.04. The number of nitrogens with zero attached hydrogens (tertiary/aromatic N) is 1. The normalized spacial score (nSPS) is 15.4. The summed E-state index contributed by atoms with van der Waals surface area (Å²) in [6, 6.07) is 10.7. The van der Waals surface area contributed by atoms with Crippen molar-refractivity contribution < 1.29 is 28.6 Å². The molecule has 8 nitrogen and oxygen atoms in total. The summed E-state index contributed by atoms with van der Waals surface area (Å²) in [6.07, 6.45) is 1.83. The van der Waals surface area contributed by atoms with Gasteiger partial charge in [0.2, 0.25) is 12.7 Å². The predicted molar refractivity (Wildman–Crippen MR) is 122 cm³/mol. The molecule has 1 N–H and O–H groups in total. The largest absolute Gasteiger partial charge is 0.454 e. The van der Waals surface area contributed by atoms with Gasteiger partial charge in [0.15, 0.2) is 17.3 Å². The monoisotopic (exact) mass is 452 g/mol.